The third kappa shape index (κ3) is 2.08. The first-order valence-corrected chi connectivity index (χ1v) is 7.04. The minimum absolute atomic E-state index is 0.0669. The lowest BCUT2D eigenvalue weighted by molar-refractivity contribution is 0.109. The second kappa shape index (κ2) is 3.99. The van der Waals surface area contributed by atoms with E-state index in [2.05, 4.69) is 13.8 Å². The molecule has 0 spiro atoms. The summed E-state index contributed by atoms with van der Waals surface area (Å²) in [5.41, 5.74) is 0.0669. The van der Waals surface area contributed by atoms with Crippen LogP contribution in [0, 0.1) is 5.41 Å². The molecule has 0 saturated carbocycles. The third-order valence-electron chi connectivity index (χ3n) is 2.82. The standard InChI is InChI=1S/C12H18NO2P/c1-12(2)9-13(3)16(14,15-10-12)11-7-5-4-6-8-11/h4-8H,9-10H2,1-3H3. The van der Waals surface area contributed by atoms with Gasteiger partial charge in [-0.05, 0) is 19.2 Å². The van der Waals surface area contributed by atoms with E-state index in [-0.39, 0.29) is 5.41 Å². The molecular formula is C12H18NO2P. The molecule has 0 aromatic heterocycles. The predicted molar refractivity (Wildman–Crippen MR) is 66.0 cm³/mol. The number of hydrogen-bond donors (Lipinski definition) is 0. The Kier molecular flexibility index (Phi) is 2.95. The van der Waals surface area contributed by atoms with Gasteiger partial charge >= 0.3 is 7.52 Å². The van der Waals surface area contributed by atoms with Crippen LogP contribution >= 0.6 is 7.52 Å². The molecule has 0 amide bonds. The first-order valence-electron chi connectivity index (χ1n) is 5.46. The van der Waals surface area contributed by atoms with E-state index in [0.717, 1.165) is 11.8 Å². The van der Waals surface area contributed by atoms with Gasteiger partial charge in [0.1, 0.15) is 0 Å². The fourth-order valence-electron chi connectivity index (χ4n) is 2.01. The molecule has 1 fully saturated rings. The van der Waals surface area contributed by atoms with Crippen LogP contribution < -0.4 is 5.30 Å². The number of hydrogen-bond acceptors (Lipinski definition) is 2. The fraction of sp³-hybridized carbons (Fsp3) is 0.500. The van der Waals surface area contributed by atoms with Crippen molar-refractivity contribution in [1.29, 1.82) is 0 Å². The van der Waals surface area contributed by atoms with Crippen molar-refractivity contribution >= 4 is 12.8 Å². The summed E-state index contributed by atoms with van der Waals surface area (Å²) in [6.07, 6.45) is 0. The molecule has 0 bridgehead atoms. The molecule has 1 aliphatic heterocycles. The van der Waals surface area contributed by atoms with Crippen molar-refractivity contribution in [3.63, 3.8) is 0 Å². The van der Waals surface area contributed by atoms with Gasteiger partial charge in [-0.1, -0.05) is 32.0 Å². The van der Waals surface area contributed by atoms with Crippen LogP contribution in [0.3, 0.4) is 0 Å². The van der Waals surface area contributed by atoms with Crippen LogP contribution in [0.5, 0.6) is 0 Å². The Balaban J connectivity index is 2.31. The van der Waals surface area contributed by atoms with Gasteiger partial charge in [-0.25, -0.2) is 4.67 Å². The van der Waals surface area contributed by atoms with E-state index >= 15 is 0 Å². The van der Waals surface area contributed by atoms with Crippen LogP contribution in [-0.4, -0.2) is 24.9 Å². The highest BCUT2D eigenvalue weighted by molar-refractivity contribution is 7.64. The van der Waals surface area contributed by atoms with Crippen molar-refractivity contribution in [2.24, 2.45) is 5.41 Å². The van der Waals surface area contributed by atoms with Gasteiger partial charge < -0.3 is 4.52 Å². The Bertz CT molecular complexity index is 416. The highest BCUT2D eigenvalue weighted by Gasteiger charge is 2.40. The Hall–Kier alpha value is -0.630. The highest BCUT2D eigenvalue weighted by Crippen LogP contribution is 2.53. The van der Waals surface area contributed by atoms with Crippen molar-refractivity contribution < 1.29 is 9.09 Å². The molecule has 0 aliphatic carbocycles. The summed E-state index contributed by atoms with van der Waals surface area (Å²) in [5, 5.41) is 0.785. The number of nitrogens with zero attached hydrogens (tertiary/aromatic N) is 1. The molecule has 2 rings (SSSR count). The summed E-state index contributed by atoms with van der Waals surface area (Å²) in [4.78, 5) is 0. The minimum Gasteiger partial charge on any atom is -0.314 e. The molecule has 16 heavy (non-hydrogen) atoms. The van der Waals surface area contributed by atoms with Crippen LogP contribution in [0.25, 0.3) is 0 Å². The quantitative estimate of drug-likeness (QED) is 0.705. The summed E-state index contributed by atoms with van der Waals surface area (Å²) in [7, 11) is -0.934. The smallest absolute Gasteiger partial charge is 0.302 e. The molecule has 88 valence electrons. The Morgan fingerprint density at radius 2 is 1.94 bits per heavy atom. The summed E-state index contributed by atoms with van der Waals surface area (Å²) in [5.74, 6) is 0. The van der Waals surface area contributed by atoms with Gasteiger partial charge in [0.05, 0.1) is 11.9 Å². The zero-order chi connectivity index (χ0) is 11.8. The normalized spacial score (nSPS) is 30.2. The second-order valence-electron chi connectivity index (χ2n) is 5.11. The summed E-state index contributed by atoms with van der Waals surface area (Å²) >= 11 is 0. The van der Waals surface area contributed by atoms with Gasteiger partial charge in [0.25, 0.3) is 0 Å². The number of benzene rings is 1. The van der Waals surface area contributed by atoms with Gasteiger partial charge in [-0.15, -0.1) is 0 Å². The Labute approximate surface area is 96.9 Å². The first kappa shape index (κ1) is 11.8. The molecular weight excluding hydrogens is 221 g/mol. The van der Waals surface area contributed by atoms with E-state index in [1.54, 1.807) is 0 Å². The molecule has 1 aliphatic rings. The lowest BCUT2D eigenvalue weighted by atomic mass is 9.95. The van der Waals surface area contributed by atoms with Gasteiger partial charge in [-0.3, -0.25) is 4.57 Å². The summed E-state index contributed by atoms with van der Waals surface area (Å²) in [6, 6.07) is 9.45. The molecule has 0 N–H and O–H groups in total. The van der Waals surface area contributed by atoms with Gasteiger partial charge in [-0.2, -0.15) is 0 Å². The number of rotatable bonds is 1. The summed E-state index contributed by atoms with van der Waals surface area (Å²) < 4.78 is 20.3. The van der Waals surface area contributed by atoms with Gasteiger partial charge in [0.2, 0.25) is 0 Å². The monoisotopic (exact) mass is 239 g/mol. The Morgan fingerprint density at radius 3 is 2.50 bits per heavy atom. The zero-order valence-electron chi connectivity index (χ0n) is 10.0. The highest BCUT2D eigenvalue weighted by atomic mass is 31.2. The van der Waals surface area contributed by atoms with E-state index in [1.807, 2.05) is 42.0 Å². The van der Waals surface area contributed by atoms with Crippen LogP contribution in [0.15, 0.2) is 30.3 Å². The molecule has 1 atom stereocenters. The second-order valence-corrected chi connectivity index (χ2v) is 7.61. The van der Waals surface area contributed by atoms with Crippen LogP contribution in [-0.2, 0) is 9.09 Å². The maximum atomic E-state index is 12.8. The molecule has 4 heteroatoms. The van der Waals surface area contributed by atoms with Crippen molar-refractivity contribution in [1.82, 2.24) is 4.67 Å². The minimum atomic E-state index is -2.80. The van der Waals surface area contributed by atoms with E-state index in [9.17, 15) is 4.57 Å². The lowest BCUT2D eigenvalue weighted by Crippen LogP contribution is -2.41. The Morgan fingerprint density at radius 1 is 1.31 bits per heavy atom. The molecule has 1 saturated heterocycles. The topological polar surface area (TPSA) is 29.5 Å². The maximum Gasteiger partial charge on any atom is 0.302 e. The van der Waals surface area contributed by atoms with E-state index < -0.39 is 7.52 Å². The molecule has 1 aromatic rings. The third-order valence-corrected chi connectivity index (χ3v) is 5.29. The SMILES string of the molecule is CN1CC(C)(C)COP1(=O)c1ccccc1. The predicted octanol–water partition coefficient (Wildman–Crippen LogP) is 2.49. The van der Waals surface area contributed by atoms with Crippen molar-refractivity contribution in [3.05, 3.63) is 30.3 Å². The summed E-state index contributed by atoms with van der Waals surface area (Å²) in [6.45, 7) is 5.58. The molecule has 1 unspecified atom stereocenters. The molecule has 1 aromatic carbocycles. The van der Waals surface area contributed by atoms with Crippen molar-refractivity contribution in [3.8, 4) is 0 Å². The average Bonchev–Trinajstić information content (AvgIpc) is 2.25. The molecule has 1 heterocycles. The largest absolute Gasteiger partial charge is 0.314 e. The van der Waals surface area contributed by atoms with Crippen molar-refractivity contribution in [2.45, 2.75) is 13.8 Å². The van der Waals surface area contributed by atoms with Gasteiger partial charge in [0.15, 0.2) is 0 Å². The molecule has 0 radical (unpaired) electrons. The first-order chi connectivity index (χ1) is 7.44. The average molecular weight is 239 g/mol. The fourth-order valence-corrected chi connectivity index (χ4v) is 4.39. The van der Waals surface area contributed by atoms with E-state index in [4.69, 9.17) is 4.52 Å². The van der Waals surface area contributed by atoms with Crippen LogP contribution in [0.4, 0.5) is 0 Å². The maximum absolute atomic E-state index is 12.8. The van der Waals surface area contributed by atoms with E-state index in [0.29, 0.717) is 6.61 Å². The molecule has 3 nitrogen and oxygen atoms in total. The van der Waals surface area contributed by atoms with E-state index in [1.165, 1.54) is 0 Å². The lowest BCUT2D eigenvalue weighted by Gasteiger charge is -2.41. The van der Waals surface area contributed by atoms with Crippen LogP contribution in [0.1, 0.15) is 13.8 Å². The van der Waals surface area contributed by atoms with Crippen LogP contribution in [0.2, 0.25) is 0 Å². The zero-order valence-corrected chi connectivity index (χ0v) is 10.9. The van der Waals surface area contributed by atoms with Gasteiger partial charge in [0, 0.05) is 12.0 Å². The van der Waals surface area contributed by atoms with Crippen molar-refractivity contribution in [2.75, 3.05) is 20.2 Å².